The Morgan fingerprint density at radius 3 is 2.63 bits per heavy atom. The Morgan fingerprint density at radius 2 is 1.95 bits per heavy atom. The smallest absolute Gasteiger partial charge is 0.243 e. The first-order chi connectivity index (χ1) is 18.2. The van der Waals surface area contributed by atoms with Gasteiger partial charge in [0, 0.05) is 28.7 Å². The second-order valence-electron chi connectivity index (χ2n) is 9.32. The van der Waals surface area contributed by atoms with E-state index in [1.54, 1.807) is 11.4 Å². The molecule has 3 amide bonds. The molecule has 0 radical (unpaired) electrons. The van der Waals surface area contributed by atoms with Crippen molar-refractivity contribution < 1.29 is 28.6 Å². The van der Waals surface area contributed by atoms with Crippen LogP contribution in [0.3, 0.4) is 0 Å². The van der Waals surface area contributed by atoms with Crippen LogP contribution in [-0.2, 0) is 30.4 Å². The fourth-order valence-corrected chi connectivity index (χ4v) is 5.19. The van der Waals surface area contributed by atoms with Gasteiger partial charge in [-0.05, 0) is 31.5 Å². The van der Waals surface area contributed by atoms with Crippen LogP contribution in [0.1, 0.15) is 35.3 Å². The van der Waals surface area contributed by atoms with Crippen LogP contribution in [0.2, 0.25) is 0 Å². The van der Waals surface area contributed by atoms with Gasteiger partial charge in [0.25, 0.3) is 0 Å². The molecule has 1 spiro atoms. The summed E-state index contributed by atoms with van der Waals surface area (Å²) in [5.41, 5.74) is 7.25. The van der Waals surface area contributed by atoms with Crippen LogP contribution in [0.5, 0.6) is 5.75 Å². The molecule has 4 rings (SSSR count). The number of amides is 3. The number of carbonyl (C=O) groups is 3. The maximum atomic E-state index is 13.1. The summed E-state index contributed by atoms with van der Waals surface area (Å²) in [6, 6.07) is 8.62. The van der Waals surface area contributed by atoms with E-state index in [-0.39, 0.29) is 56.0 Å². The van der Waals surface area contributed by atoms with Crippen molar-refractivity contribution in [1.29, 1.82) is 5.41 Å². The van der Waals surface area contributed by atoms with E-state index in [1.807, 2.05) is 31.2 Å². The Labute approximate surface area is 225 Å². The van der Waals surface area contributed by atoms with Gasteiger partial charge in [0.1, 0.15) is 17.6 Å². The molecule has 5 N–H and O–H groups in total. The minimum Gasteiger partial charge on any atom is -0.494 e. The lowest BCUT2D eigenvalue weighted by molar-refractivity contribution is -0.152. The zero-order valence-electron chi connectivity index (χ0n) is 21.3. The zero-order chi connectivity index (χ0) is 27.1. The van der Waals surface area contributed by atoms with Gasteiger partial charge in [-0.25, -0.2) is 0 Å². The van der Waals surface area contributed by atoms with E-state index < -0.39 is 11.8 Å². The summed E-state index contributed by atoms with van der Waals surface area (Å²) in [6.45, 7) is 3.28. The van der Waals surface area contributed by atoms with E-state index in [4.69, 9.17) is 25.4 Å². The Kier molecular flexibility index (Phi) is 8.97. The predicted molar refractivity (Wildman–Crippen MR) is 141 cm³/mol. The highest BCUT2D eigenvalue weighted by atomic mass is 32.1. The first kappa shape index (κ1) is 27.6. The van der Waals surface area contributed by atoms with Crippen molar-refractivity contribution in [1.82, 2.24) is 15.5 Å². The van der Waals surface area contributed by atoms with Gasteiger partial charge in [0.2, 0.25) is 17.7 Å². The van der Waals surface area contributed by atoms with Gasteiger partial charge in [-0.2, -0.15) is 0 Å². The number of hydrogen-bond acceptors (Lipinski definition) is 8. The maximum absolute atomic E-state index is 13.1. The van der Waals surface area contributed by atoms with Crippen molar-refractivity contribution in [3.63, 3.8) is 0 Å². The van der Waals surface area contributed by atoms with Gasteiger partial charge in [0.05, 0.1) is 39.5 Å². The van der Waals surface area contributed by atoms with Crippen LogP contribution in [0, 0.1) is 12.3 Å². The van der Waals surface area contributed by atoms with E-state index in [2.05, 4.69) is 10.6 Å². The first-order valence-corrected chi connectivity index (χ1v) is 13.4. The normalized spacial score (nSPS) is 17.9. The minimum atomic E-state index is -1.01. The van der Waals surface area contributed by atoms with E-state index in [1.165, 1.54) is 16.2 Å². The lowest BCUT2D eigenvalue weighted by atomic mass is 10.1. The van der Waals surface area contributed by atoms with Crippen molar-refractivity contribution in [2.75, 3.05) is 32.9 Å². The summed E-state index contributed by atoms with van der Waals surface area (Å²) in [5, 5.41) is 14.8. The van der Waals surface area contributed by atoms with Crippen LogP contribution in [0.25, 0.3) is 0 Å². The Balaban J connectivity index is 1.26. The Hall–Kier alpha value is -3.48. The van der Waals surface area contributed by atoms with Crippen molar-refractivity contribution in [2.24, 2.45) is 5.73 Å². The molecular weight excluding hydrogens is 510 g/mol. The summed E-state index contributed by atoms with van der Waals surface area (Å²) < 4.78 is 17.1. The molecule has 11 nitrogen and oxygen atoms in total. The number of aryl methyl sites for hydroxylation is 1. The van der Waals surface area contributed by atoms with Gasteiger partial charge in [-0.3, -0.25) is 19.8 Å². The molecule has 2 saturated heterocycles. The number of carbonyl (C=O) groups excluding carboxylic acids is 3. The van der Waals surface area contributed by atoms with Crippen LogP contribution >= 0.6 is 11.3 Å². The second-order valence-corrected chi connectivity index (χ2v) is 10.3. The van der Waals surface area contributed by atoms with Crippen molar-refractivity contribution in [3.05, 3.63) is 51.7 Å². The molecule has 2 fully saturated rings. The lowest BCUT2D eigenvalue weighted by Gasteiger charge is -2.24. The Morgan fingerprint density at radius 1 is 1.21 bits per heavy atom. The van der Waals surface area contributed by atoms with E-state index in [0.717, 1.165) is 16.2 Å². The van der Waals surface area contributed by atoms with Crippen molar-refractivity contribution >= 4 is 34.9 Å². The van der Waals surface area contributed by atoms with Crippen molar-refractivity contribution in [3.8, 4) is 5.75 Å². The van der Waals surface area contributed by atoms with Gasteiger partial charge in [-0.1, -0.05) is 17.7 Å². The average Bonchev–Trinajstić information content (AvgIpc) is 3.65. The number of benzene rings is 1. The highest BCUT2D eigenvalue weighted by Gasteiger charge is 2.52. The van der Waals surface area contributed by atoms with E-state index in [0.29, 0.717) is 31.8 Å². The standard InChI is InChI=1S/C26H33N5O6S/c1-17-4-6-19(7-5-17)35-8-2-3-22(32)29-14-23(33)31-16-26(36-9-10-37-26)12-21(31)25(34)30-13-20-11-18(15-38-20)24(27)28/h4-7,11,15,21H,2-3,8-10,12-14,16H2,1H3,(H3,27,28)(H,29,32)(H,30,34). The molecule has 12 heteroatoms. The third-order valence-electron chi connectivity index (χ3n) is 6.40. The molecule has 0 aliphatic carbocycles. The second kappa shape index (κ2) is 12.4. The molecule has 1 aromatic carbocycles. The fourth-order valence-electron chi connectivity index (χ4n) is 4.37. The van der Waals surface area contributed by atoms with Crippen LogP contribution in [0.4, 0.5) is 0 Å². The molecule has 38 heavy (non-hydrogen) atoms. The highest BCUT2D eigenvalue weighted by Crippen LogP contribution is 2.35. The number of nitrogens with zero attached hydrogens (tertiary/aromatic N) is 1. The molecule has 0 bridgehead atoms. The third kappa shape index (κ3) is 7.09. The number of nitrogen functional groups attached to an aromatic ring is 1. The molecule has 1 aromatic heterocycles. The maximum Gasteiger partial charge on any atom is 0.243 e. The van der Waals surface area contributed by atoms with E-state index in [9.17, 15) is 14.4 Å². The number of ether oxygens (including phenoxy) is 3. The number of nitrogens with two attached hydrogens (primary N) is 1. The quantitative estimate of drug-likeness (QED) is 0.189. The average molecular weight is 544 g/mol. The van der Waals surface area contributed by atoms with E-state index >= 15 is 0 Å². The molecule has 1 atom stereocenters. The Bertz CT molecular complexity index is 1160. The summed E-state index contributed by atoms with van der Waals surface area (Å²) >= 11 is 1.38. The van der Waals surface area contributed by atoms with Gasteiger partial charge in [0.15, 0.2) is 5.79 Å². The highest BCUT2D eigenvalue weighted by molar-refractivity contribution is 7.10. The fraction of sp³-hybridized carbons (Fsp3) is 0.462. The summed E-state index contributed by atoms with van der Waals surface area (Å²) in [7, 11) is 0. The van der Waals surface area contributed by atoms with Gasteiger partial charge < -0.3 is 35.5 Å². The molecule has 0 saturated carbocycles. The minimum absolute atomic E-state index is 0.0373. The van der Waals surface area contributed by atoms with Crippen LogP contribution in [0.15, 0.2) is 35.7 Å². The van der Waals surface area contributed by atoms with Gasteiger partial charge in [-0.15, -0.1) is 11.3 Å². The topological polar surface area (TPSA) is 156 Å². The summed E-state index contributed by atoms with van der Waals surface area (Å²) in [4.78, 5) is 40.7. The molecule has 2 aromatic rings. The molecule has 2 aliphatic rings. The number of amidine groups is 1. The number of thiophene rings is 1. The molecule has 2 aliphatic heterocycles. The molecule has 3 heterocycles. The monoisotopic (exact) mass is 543 g/mol. The zero-order valence-corrected chi connectivity index (χ0v) is 22.1. The van der Waals surface area contributed by atoms with Crippen LogP contribution < -0.4 is 21.1 Å². The molecule has 1 unspecified atom stereocenters. The number of hydrogen-bond donors (Lipinski definition) is 4. The number of rotatable bonds is 11. The lowest BCUT2D eigenvalue weighted by Crippen LogP contribution is -2.49. The molecule has 204 valence electrons. The SMILES string of the molecule is Cc1ccc(OCCCC(=O)NCC(=O)N2CC3(CC2C(=O)NCc2cc(C(=N)N)cs2)OCCO3)cc1. The van der Waals surface area contributed by atoms with Crippen molar-refractivity contribution in [2.45, 2.75) is 44.6 Å². The molecular formula is C26H33N5O6S. The number of nitrogens with one attached hydrogen (secondary N) is 3. The van der Waals surface area contributed by atoms with Crippen LogP contribution in [-0.4, -0.2) is 73.2 Å². The number of likely N-dealkylation sites (tertiary alicyclic amines) is 1. The first-order valence-electron chi connectivity index (χ1n) is 12.5. The third-order valence-corrected chi connectivity index (χ3v) is 7.34. The largest absolute Gasteiger partial charge is 0.494 e. The summed E-state index contributed by atoms with van der Waals surface area (Å²) in [6.07, 6.45) is 0.918. The predicted octanol–water partition coefficient (Wildman–Crippen LogP) is 1.28. The van der Waals surface area contributed by atoms with Gasteiger partial charge >= 0.3 is 0 Å². The summed E-state index contributed by atoms with van der Waals surface area (Å²) in [5.74, 6) is -1.31.